The van der Waals surface area contributed by atoms with Crippen molar-refractivity contribution in [2.24, 2.45) is 11.8 Å². The van der Waals surface area contributed by atoms with Gasteiger partial charge in [0.2, 0.25) is 0 Å². The van der Waals surface area contributed by atoms with Crippen LogP contribution in [0.15, 0.2) is 24.3 Å². The van der Waals surface area contributed by atoms with E-state index >= 15 is 0 Å². The van der Waals surface area contributed by atoms with Gasteiger partial charge in [0.15, 0.2) is 0 Å². The van der Waals surface area contributed by atoms with Crippen molar-refractivity contribution in [3.8, 4) is 0 Å². The maximum absolute atomic E-state index is 12.3. The fourth-order valence-electron chi connectivity index (χ4n) is 7.03. The minimum atomic E-state index is 0.0162. The van der Waals surface area contributed by atoms with Crippen molar-refractivity contribution in [1.82, 2.24) is 15.1 Å². The highest BCUT2D eigenvalue weighted by atomic mass is 16.2. The zero-order chi connectivity index (χ0) is 20.0. The average Bonchev–Trinajstić information content (AvgIpc) is 3.08. The molecular formula is C25H37N3O. The van der Waals surface area contributed by atoms with Crippen LogP contribution in [0, 0.1) is 11.8 Å². The van der Waals surface area contributed by atoms with Gasteiger partial charge < -0.3 is 15.1 Å². The fourth-order valence-corrected chi connectivity index (χ4v) is 7.03. The lowest BCUT2D eigenvalue weighted by atomic mass is 9.63. The summed E-state index contributed by atoms with van der Waals surface area (Å²) in [6, 6.07) is 9.95. The summed E-state index contributed by atoms with van der Waals surface area (Å²) in [6.45, 7) is 2.51. The van der Waals surface area contributed by atoms with E-state index in [1.54, 1.807) is 4.90 Å². The van der Waals surface area contributed by atoms with Crippen molar-refractivity contribution < 1.29 is 4.79 Å². The number of hydrogen-bond acceptors (Lipinski definition) is 2. The molecule has 2 bridgehead atoms. The highest BCUT2D eigenvalue weighted by Crippen LogP contribution is 2.50. The number of amides is 2. The van der Waals surface area contributed by atoms with Crippen LogP contribution in [0.1, 0.15) is 75.0 Å². The van der Waals surface area contributed by atoms with Crippen molar-refractivity contribution >= 4 is 6.03 Å². The molecule has 3 aliphatic carbocycles. The molecule has 2 saturated carbocycles. The van der Waals surface area contributed by atoms with Gasteiger partial charge in [-0.05, 0) is 86.4 Å². The highest BCUT2D eigenvalue weighted by Gasteiger charge is 2.44. The van der Waals surface area contributed by atoms with Gasteiger partial charge in [-0.3, -0.25) is 0 Å². The van der Waals surface area contributed by atoms with Gasteiger partial charge in [0.1, 0.15) is 0 Å². The lowest BCUT2D eigenvalue weighted by molar-refractivity contribution is 0.0675. The summed E-state index contributed by atoms with van der Waals surface area (Å²) in [6.07, 6.45) is 12.2. The van der Waals surface area contributed by atoms with Gasteiger partial charge >= 0.3 is 6.03 Å². The number of likely N-dealkylation sites (tertiary alicyclic amines) is 1. The predicted molar refractivity (Wildman–Crippen MR) is 117 cm³/mol. The molecule has 1 N–H and O–H groups in total. The summed E-state index contributed by atoms with van der Waals surface area (Å²) >= 11 is 0. The van der Waals surface area contributed by atoms with Crippen LogP contribution < -0.4 is 5.32 Å². The van der Waals surface area contributed by atoms with Crippen LogP contribution in [-0.4, -0.2) is 49.1 Å². The van der Waals surface area contributed by atoms with Gasteiger partial charge in [-0.25, -0.2) is 4.79 Å². The minimum absolute atomic E-state index is 0.0162. The third-order valence-electron chi connectivity index (χ3n) is 8.66. The predicted octanol–water partition coefficient (Wildman–Crippen LogP) is 4.71. The van der Waals surface area contributed by atoms with Crippen molar-refractivity contribution in [3.63, 3.8) is 0 Å². The lowest BCUT2D eigenvalue weighted by Crippen LogP contribution is -2.50. The van der Waals surface area contributed by atoms with E-state index in [2.05, 4.69) is 34.5 Å². The van der Waals surface area contributed by atoms with Gasteiger partial charge in [-0.2, -0.15) is 0 Å². The molecule has 4 heteroatoms. The molecule has 1 heterocycles. The molecule has 1 saturated heterocycles. The molecule has 158 valence electrons. The summed E-state index contributed by atoms with van der Waals surface area (Å²) in [5.41, 5.74) is 3.19. The van der Waals surface area contributed by atoms with Crippen LogP contribution in [0.2, 0.25) is 0 Å². The number of urea groups is 1. The second kappa shape index (κ2) is 7.61. The fraction of sp³-hybridized carbons (Fsp3) is 0.720. The zero-order valence-corrected chi connectivity index (χ0v) is 18.2. The van der Waals surface area contributed by atoms with Crippen molar-refractivity contribution in [3.05, 3.63) is 35.4 Å². The molecule has 3 fully saturated rings. The summed E-state index contributed by atoms with van der Waals surface area (Å²) < 4.78 is 0. The third kappa shape index (κ3) is 3.58. The molecule has 4 aliphatic rings. The topological polar surface area (TPSA) is 35.6 Å². The first kappa shape index (κ1) is 19.4. The first-order valence-corrected chi connectivity index (χ1v) is 11.9. The quantitative estimate of drug-likeness (QED) is 0.787. The summed E-state index contributed by atoms with van der Waals surface area (Å²) in [4.78, 5) is 16.8. The second-order valence-electron chi connectivity index (χ2n) is 10.5. The van der Waals surface area contributed by atoms with Crippen LogP contribution in [-0.2, 0) is 5.41 Å². The number of hydrogen-bond donors (Lipinski definition) is 1. The molecule has 29 heavy (non-hydrogen) atoms. The lowest BCUT2D eigenvalue weighted by Gasteiger charge is -2.49. The molecule has 1 aromatic carbocycles. The van der Waals surface area contributed by atoms with Crippen LogP contribution >= 0.6 is 0 Å². The molecule has 0 radical (unpaired) electrons. The Morgan fingerprint density at radius 1 is 1.00 bits per heavy atom. The Kier molecular flexibility index (Phi) is 5.09. The number of fused-ring (bicyclic) bond motifs is 4. The van der Waals surface area contributed by atoms with E-state index in [9.17, 15) is 4.79 Å². The Balaban J connectivity index is 1.30. The number of rotatable bonds is 2. The Bertz CT molecular complexity index is 740. The Morgan fingerprint density at radius 3 is 2.38 bits per heavy atom. The molecule has 4 nitrogen and oxygen atoms in total. The van der Waals surface area contributed by atoms with E-state index in [-0.39, 0.29) is 12.1 Å². The molecule has 0 aromatic heterocycles. The Hall–Kier alpha value is -1.55. The SMILES string of the molecule is CN(C)C(=O)N[C@H]1CCC2(CCN([C@H]3CC4CC[C@H](C4)C3)CC2)c2ccccc21. The number of carbonyl (C=O) groups is 1. The van der Waals surface area contributed by atoms with Crippen LogP contribution in [0.4, 0.5) is 4.79 Å². The van der Waals surface area contributed by atoms with E-state index in [0.29, 0.717) is 5.41 Å². The van der Waals surface area contributed by atoms with Crippen molar-refractivity contribution in [1.29, 1.82) is 0 Å². The molecule has 1 aromatic rings. The second-order valence-corrected chi connectivity index (χ2v) is 10.5. The van der Waals surface area contributed by atoms with E-state index in [4.69, 9.17) is 0 Å². The first-order chi connectivity index (χ1) is 14.0. The third-order valence-corrected chi connectivity index (χ3v) is 8.66. The maximum atomic E-state index is 12.3. The first-order valence-electron chi connectivity index (χ1n) is 11.9. The Morgan fingerprint density at radius 2 is 1.69 bits per heavy atom. The van der Waals surface area contributed by atoms with Gasteiger partial charge in [-0.1, -0.05) is 37.1 Å². The normalized spacial score (nSPS) is 33.3. The van der Waals surface area contributed by atoms with Crippen LogP contribution in [0.3, 0.4) is 0 Å². The number of nitrogens with zero attached hydrogens (tertiary/aromatic N) is 2. The number of nitrogens with one attached hydrogen (secondary N) is 1. The number of benzene rings is 1. The summed E-state index contributed by atoms with van der Waals surface area (Å²) in [5.74, 6) is 2.04. The zero-order valence-electron chi connectivity index (χ0n) is 18.2. The largest absolute Gasteiger partial charge is 0.331 e. The molecule has 5 rings (SSSR count). The molecule has 4 atom stereocenters. The van der Waals surface area contributed by atoms with E-state index in [1.165, 1.54) is 75.6 Å². The number of piperidine rings is 1. The van der Waals surface area contributed by atoms with Crippen LogP contribution in [0.25, 0.3) is 0 Å². The molecular weight excluding hydrogens is 358 g/mol. The summed E-state index contributed by atoms with van der Waals surface area (Å²) in [5, 5.41) is 3.25. The van der Waals surface area contributed by atoms with Gasteiger partial charge in [-0.15, -0.1) is 0 Å². The minimum Gasteiger partial charge on any atom is -0.331 e. The standard InChI is InChI=1S/C25H37N3O/c1-27(2)24(29)26-23-9-10-25(22-6-4-3-5-21(22)23)11-13-28(14-12-25)20-16-18-7-8-19(15-18)17-20/h3-6,18-20,23H,7-17H2,1-2H3,(H,26,29)/t18-,19?,20-,23+/m1/s1. The molecule has 2 amide bonds. The maximum Gasteiger partial charge on any atom is 0.317 e. The van der Waals surface area contributed by atoms with Crippen molar-refractivity contribution in [2.75, 3.05) is 27.2 Å². The molecule has 1 aliphatic heterocycles. The molecule has 1 unspecified atom stereocenters. The smallest absolute Gasteiger partial charge is 0.317 e. The van der Waals surface area contributed by atoms with Gasteiger partial charge in [0, 0.05) is 20.1 Å². The molecule has 1 spiro atoms. The monoisotopic (exact) mass is 395 g/mol. The van der Waals surface area contributed by atoms with Gasteiger partial charge in [0.25, 0.3) is 0 Å². The number of carbonyl (C=O) groups excluding carboxylic acids is 1. The van der Waals surface area contributed by atoms with Gasteiger partial charge in [0.05, 0.1) is 6.04 Å². The van der Waals surface area contributed by atoms with E-state index in [1.807, 2.05) is 14.1 Å². The van der Waals surface area contributed by atoms with E-state index < -0.39 is 0 Å². The highest BCUT2D eigenvalue weighted by molar-refractivity contribution is 5.74. The average molecular weight is 396 g/mol. The van der Waals surface area contributed by atoms with Crippen molar-refractivity contribution in [2.45, 2.75) is 75.3 Å². The van der Waals surface area contributed by atoms with E-state index in [0.717, 1.165) is 24.3 Å². The summed E-state index contributed by atoms with van der Waals surface area (Å²) in [7, 11) is 3.64. The van der Waals surface area contributed by atoms with Crippen LogP contribution in [0.5, 0.6) is 0 Å². The Labute approximate surface area is 176 Å².